The fourth-order valence-corrected chi connectivity index (χ4v) is 1.65. The zero-order valence-corrected chi connectivity index (χ0v) is 10.3. The highest BCUT2D eigenvalue weighted by molar-refractivity contribution is 5.77. The molecule has 0 aliphatic carbocycles. The molecule has 7 heteroatoms. The number of nitrogens with zero attached hydrogens (tertiary/aromatic N) is 3. The molecular weight excluding hydrogens is 247 g/mol. The van der Waals surface area contributed by atoms with Crippen molar-refractivity contribution in [1.29, 1.82) is 10.8 Å². The third kappa shape index (κ3) is 2.44. The van der Waals surface area contributed by atoms with Gasteiger partial charge in [-0.2, -0.15) is 0 Å². The molecule has 0 atom stereocenters. The molecule has 6 nitrogen and oxygen atoms in total. The second-order valence-electron chi connectivity index (χ2n) is 3.89. The van der Waals surface area contributed by atoms with E-state index in [2.05, 4.69) is 4.98 Å². The Balaban J connectivity index is 2.47. The summed E-state index contributed by atoms with van der Waals surface area (Å²) in [4.78, 5) is 5.72. The van der Waals surface area contributed by atoms with Gasteiger partial charge in [-0.05, 0) is 24.3 Å². The van der Waals surface area contributed by atoms with Crippen molar-refractivity contribution in [3.63, 3.8) is 0 Å². The maximum absolute atomic E-state index is 12.9. The van der Waals surface area contributed by atoms with E-state index in [4.69, 9.17) is 16.6 Å². The van der Waals surface area contributed by atoms with Crippen LogP contribution in [0.2, 0.25) is 0 Å². The van der Waals surface area contributed by atoms with E-state index in [1.54, 1.807) is 24.1 Å². The maximum atomic E-state index is 12.9. The Hall–Kier alpha value is -2.70. The first-order valence-corrected chi connectivity index (χ1v) is 5.46. The lowest BCUT2D eigenvalue weighted by molar-refractivity contribution is 0.628. The second-order valence-corrected chi connectivity index (χ2v) is 3.89. The van der Waals surface area contributed by atoms with Crippen LogP contribution in [0, 0.1) is 16.6 Å². The summed E-state index contributed by atoms with van der Waals surface area (Å²) in [5.74, 6) is -0.270. The SMILES string of the molecule is CN(c1ccc(F)cc1)c1nccn(C(=N)N)c1=N. The fraction of sp³-hybridized carbons (Fsp3) is 0.0833. The minimum Gasteiger partial charge on any atom is -0.369 e. The van der Waals surface area contributed by atoms with Crippen molar-refractivity contribution in [2.75, 3.05) is 11.9 Å². The standard InChI is InChI=1S/C12H13FN6/c1-18(9-4-2-8(13)3-5-9)11-10(14)19(12(15)16)7-6-17-11/h2-7,14H,1H3,(H3,15,16). The van der Waals surface area contributed by atoms with Gasteiger partial charge in [-0.25, -0.2) is 9.37 Å². The Morgan fingerprint density at radius 1 is 1.37 bits per heavy atom. The third-order valence-electron chi connectivity index (χ3n) is 2.66. The Morgan fingerprint density at radius 3 is 2.58 bits per heavy atom. The molecule has 1 heterocycles. The van der Waals surface area contributed by atoms with Crippen LogP contribution in [-0.2, 0) is 0 Å². The zero-order valence-electron chi connectivity index (χ0n) is 10.3. The first-order valence-electron chi connectivity index (χ1n) is 5.46. The largest absolute Gasteiger partial charge is 0.369 e. The monoisotopic (exact) mass is 260 g/mol. The highest BCUT2D eigenvalue weighted by atomic mass is 19.1. The molecule has 1 aromatic heterocycles. The highest BCUT2D eigenvalue weighted by Crippen LogP contribution is 2.18. The molecule has 2 rings (SSSR count). The molecule has 0 aliphatic heterocycles. The smallest absolute Gasteiger partial charge is 0.198 e. The number of rotatable bonds is 2. The number of nitrogens with one attached hydrogen (secondary N) is 2. The normalized spacial score (nSPS) is 10.2. The van der Waals surface area contributed by atoms with E-state index < -0.39 is 0 Å². The number of hydrogen-bond donors (Lipinski definition) is 3. The van der Waals surface area contributed by atoms with E-state index in [1.165, 1.54) is 29.1 Å². The number of hydrogen-bond acceptors (Lipinski definition) is 4. The van der Waals surface area contributed by atoms with Crippen LogP contribution >= 0.6 is 0 Å². The van der Waals surface area contributed by atoms with Crippen LogP contribution in [0.25, 0.3) is 0 Å². The number of nitrogens with two attached hydrogens (primary N) is 1. The minimum atomic E-state index is -0.330. The van der Waals surface area contributed by atoms with Gasteiger partial charge in [-0.1, -0.05) is 0 Å². The molecule has 2 aromatic rings. The molecule has 1 aromatic carbocycles. The Labute approximate surface area is 109 Å². The first-order chi connectivity index (χ1) is 9.00. The molecule has 19 heavy (non-hydrogen) atoms. The van der Waals surface area contributed by atoms with Gasteiger partial charge in [-0.3, -0.25) is 15.4 Å². The van der Waals surface area contributed by atoms with Gasteiger partial charge in [-0.15, -0.1) is 0 Å². The van der Waals surface area contributed by atoms with Gasteiger partial charge in [0.1, 0.15) is 5.82 Å². The molecular formula is C12H13FN6. The summed E-state index contributed by atoms with van der Waals surface area (Å²) in [6.45, 7) is 0. The van der Waals surface area contributed by atoms with Crippen molar-refractivity contribution in [1.82, 2.24) is 9.55 Å². The van der Waals surface area contributed by atoms with E-state index in [9.17, 15) is 4.39 Å². The molecule has 0 saturated carbocycles. The second kappa shape index (κ2) is 4.89. The molecule has 0 radical (unpaired) electrons. The van der Waals surface area contributed by atoms with Crippen molar-refractivity contribution < 1.29 is 4.39 Å². The van der Waals surface area contributed by atoms with Gasteiger partial charge < -0.3 is 10.6 Å². The van der Waals surface area contributed by atoms with Gasteiger partial charge >= 0.3 is 0 Å². The van der Waals surface area contributed by atoms with Gasteiger partial charge in [0.05, 0.1) is 0 Å². The number of aromatic nitrogens is 2. The molecule has 0 fully saturated rings. The summed E-state index contributed by atoms with van der Waals surface area (Å²) in [6.07, 6.45) is 2.89. The fourth-order valence-electron chi connectivity index (χ4n) is 1.65. The predicted octanol–water partition coefficient (Wildman–Crippen LogP) is 1.01. The Kier molecular flexibility index (Phi) is 3.28. The first kappa shape index (κ1) is 12.7. The molecule has 0 unspecified atom stereocenters. The van der Waals surface area contributed by atoms with Crippen LogP contribution in [0.3, 0.4) is 0 Å². The summed E-state index contributed by atoms with van der Waals surface area (Å²) in [6, 6.07) is 5.83. The van der Waals surface area contributed by atoms with Crippen molar-refractivity contribution >= 4 is 17.5 Å². The van der Waals surface area contributed by atoms with Crippen LogP contribution in [0.5, 0.6) is 0 Å². The molecule has 4 N–H and O–H groups in total. The van der Waals surface area contributed by atoms with E-state index in [0.717, 1.165) is 0 Å². The van der Waals surface area contributed by atoms with E-state index in [0.29, 0.717) is 11.5 Å². The summed E-state index contributed by atoms with van der Waals surface area (Å²) >= 11 is 0. The molecule has 0 aliphatic rings. The topological polar surface area (TPSA) is 94.8 Å². The lowest BCUT2D eigenvalue weighted by Gasteiger charge is -2.19. The van der Waals surface area contributed by atoms with Crippen LogP contribution < -0.4 is 16.1 Å². The number of benzene rings is 1. The van der Waals surface area contributed by atoms with Crippen molar-refractivity contribution in [3.8, 4) is 0 Å². The molecule has 0 amide bonds. The molecule has 0 saturated heterocycles. The van der Waals surface area contributed by atoms with Crippen molar-refractivity contribution in [2.45, 2.75) is 0 Å². The van der Waals surface area contributed by atoms with Crippen LogP contribution in [0.1, 0.15) is 0 Å². The molecule has 98 valence electrons. The average Bonchev–Trinajstić information content (AvgIpc) is 2.38. The lowest BCUT2D eigenvalue weighted by atomic mass is 10.3. The number of nitrogen functional groups attached to an aromatic ring is 1. The summed E-state index contributed by atoms with van der Waals surface area (Å²) in [7, 11) is 1.71. The number of anilines is 2. The lowest BCUT2D eigenvalue weighted by Crippen LogP contribution is -2.35. The number of halogens is 1. The quantitative estimate of drug-likeness (QED) is 0.555. The Bertz CT molecular complexity index is 661. The Morgan fingerprint density at radius 2 is 2.00 bits per heavy atom. The minimum absolute atomic E-state index is 0.0122. The third-order valence-corrected chi connectivity index (χ3v) is 2.66. The van der Waals surface area contributed by atoms with E-state index in [1.807, 2.05) is 0 Å². The summed E-state index contributed by atoms with van der Waals surface area (Å²) in [5.41, 5.74) is 6.04. The van der Waals surface area contributed by atoms with Gasteiger partial charge in [0, 0.05) is 25.1 Å². The highest BCUT2D eigenvalue weighted by Gasteiger charge is 2.10. The summed E-state index contributed by atoms with van der Waals surface area (Å²) in [5, 5.41) is 15.3. The average molecular weight is 260 g/mol. The molecule has 0 spiro atoms. The predicted molar refractivity (Wildman–Crippen MR) is 69.9 cm³/mol. The van der Waals surface area contributed by atoms with Crippen LogP contribution in [0.4, 0.5) is 15.9 Å². The van der Waals surface area contributed by atoms with Crippen LogP contribution in [0.15, 0.2) is 36.7 Å². The van der Waals surface area contributed by atoms with E-state index in [-0.39, 0.29) is 17.3 Å². The van der Waals surface area contributed by atoms with Gasteiger partial charge in [0.15, 0.2) is 17.3 Å². The maximum Gasteiger partial charge on any atom is 0.198 e. The molecule has 0 bridgehead atoms. The summed E-state index contributed by atoms with van der Waals surface area (Å²) < 4.78 is 14.1. The van der Waals surface area contributed by atoms with Crippen molar-refractivity contribution in [3.05, 3.63) is 48.0 Å². The van der Waals surface area contributed by atoms with Crippen LogP contribution in [-0.4, -0.2) is 22.6 Å². The van der Waals surface area contributed by atoms with Crippen molar-refractivity contribution in [2.24, 2.45) is 5.73 Å². The zero-order chi connectivity index (χ0) is 14.0. The van der Waals surface area contributed by atoms with Gasteiger partial charge in [0.25, 0.3) is 0 Å². The van der Waals surface area contributed by atoms with E-state index >= 15 is 0 Å². The van der Waals surface area contributed by atoms with Gasteiger partial charge in [0.2, 0.25) is 0 Å².